The third kappa shape index (κ3) is 2.79. The number of nitrogens with zero attached hydrogens (tertiary/aromatic N) is 6. The zero-order valence-corrected chi connectivity index (χ0v) is 14.4. The van der Waals surface area contributed by atoms with Crippen LogP contribution in [0.3, 0.4) is 0 Å². The summed E-state index contributed by atoms with van der Waals surface area (Å²) in [5, 5.41) is 4.48. The summed E-state index contributed by atoms with van der Waals surface area (Å²) in [6, 6.07) is 6.01. The lowest BCUT2D eigenvalue weighted by atomic mass is 10.1. The maximum Gasteiger partial charge on any atom is 0.245 e. The molecule has 0 radical (unpaired) electrons. The smallest absolute Gasteiger partial charge is 0.245 e. The summed E-state index contributed by atoms with van der Waals surface area (Å²) in [5.41, 5.74) is 1.88. The predicted molar refractivity (Wildman–Crippen MR) is 89.9 cm³/mol. The van der Waals surface area contributed by atoms with Crippen molar-refractivity contribution >= 4 is 17.2 Å². The summed E-state index contributed by atoms with van der Waals surface area (Å²) in [4.78, 5) is 13.4. The second kappa shape index (κ2) is 6.16. The van der Waals surface area contributed by atoms with E-state index >= 15 is 0 Å². The highest BCUT2D eigenvalue weighted by atomic mass is 35.5. The highest BCUT2D eigenvalue weighted by molar-refractivity contribution is 6.30. The van der Waals surface area contributed by atoms with Gasteiger partial charge in [-0.3, -0.25) is 9.80 Å². The average Bonchev–Trinajstić information content (AvgIpc) is 3.13. The molecule has 0 unspecified atom stereocenters. The third-order valence-electron chi connectivity index (χ3n) is 4.51. The van der Waals surface area contributed by atoms with Crippen LogP contribution >= 0.6 is 11.6 Å². The molecule has 1 saturated heterocycles. The fourth-order valence-electron chi connectivity index (χ4n) is 3.16. The van der Waals surface area contributed by atoms with Crippen molar-refractivity contribution in [1.29, 1.82) is 0 Å². The van der Waals surface area contributed by atoms with Crippen LogP contribution in [-0.4, -0.2) is 56.0 Å². The number of hydrogen-bond donors (Lipinski definition) is 0. The van der Waals surface area contributed by atoms with E-state index in [-0.39, 0.29) is 6.04 Å². The molecular weight excluding hydrogens is 328 g/mol. The molecular formula is C16H19ClN6O. The van der Waals surface area contributed by atoms with Crippen molar-refractivity contribution in [3.8, 4) is 0 Å². The summed E-state index contributed by atoms with van der Waals surface area (Å²) in [6.45, 7) is 5.28. The van der Waals surface area contributed by atoms with Gasteiger partial charge in [0, 0.05) is 32.4 Å². The molecule has 4 heterocycles. The number of piperazine rings is 1. The molecule has 7 nitrogen and oxygen atoms in total. The zero-order valence-electron chi connectivity index (χ0n) is 13.7. The summed E-state index contributed by atoms with van der Waals surface area (Å²) >= 11 is 6.36. The van der Waals surface area contributed by atoms with Gasteiger partial charge < -0.3 is 8.92 Å². The van der Waals surface area contributed by atoms with E-state index in [0.717, 1.165) is 37.5 Å². The predicted octanol–water partition coefficient (Wildman–Crippen LogP) is 2.17. The Balaban J connectivity index is 1.57. The highest BCUT2D eigenvalue weighted by Gasteiger charge is 2.30. The van der Waals surface area contributed by atoms with Gasteiger partial charge in [0.2, 0.25) is 5.89 Å². The minimum Gasteiger partial charge on any atom is -0.338 e. The van der Waals surface area contributed by atoms with Crippen LogP contribution in [0.15, 0.2) is 28.9 Å². The molecule has 1 aliphatic rings. The van der Waals surface area contributed by atoms with Crippen molar-refractivity contribution in [2.24, 2.45) is 0 Å². The molecule has 4 rings (SSSR count). The number of imidazole rings is 1. The molecule has 0 saturated carbocycles. The Morgan fingerprint density at radius 3 is 2.96 bits per heavy atom. The first-order valence-electron chi connectivity index (χ1n) is 7.96. The fourth-order valence-corrected chi connectivity index (χ4v) is 3.40. The first-order valence-corrected chi connectivity index (χ1v) is 8.34. The van der Waals surface area contributed by atoms with E-state index in [1.807, 2.05) is 35.7 Å². The monoisotopic (exact) mass is 346 g/mol. The maximum atomic E-state index is 6.36. The van der Waals surface area contributed by atoms with E-state index in [9.17, 15) is 0 Å². The Hall–Kier alpha value is -1.96. The van der Waals surface area contributed by atoms with Gasteiger partial charge in [-0.05, 0) is 26.1 Å². The topological polar surface area (TPSA) is 62.7 Å². The first-order chi connectivity index (χ1) is 11.6. The molecule has 0 bridgehead atoms. The molecule has 0 aliphatic carbocycles. The first kappa shape index (κ1) is 15.6. The number of aryl methyl sites for hydroxylation is 1. The maximum absolute atomic E-state index is 6.36. The van der Waals surface area contributed by atoms with Crippen molar-refractivity contribution in [3.05, 3.63) is 47.0 Å². The number of halogens is 1. The van der Waals surface area contributed by atoms with Crippen LogP contribution in [-0.2, 0) is 6.54 Å². The Morgan fingerprint density at radius 2 is 2.17 bits per heavy atom. The van der Waals surface area contributed by atoms with Crippen LogP contribution in [0.25, 0.3) is 5.65 Å². The fraction of sp³-hybridized carbons (Fsp3) is 0.438. The molecule has 24 heavy (non-hydrogen) atoms. The third-order valence-corrected chi connectivity index (χ3v) is 4.82. The summed E-state index contributed by atoms with van der Waals surface area (Å²) in [7, 11) is 2.09. The quantitative estimate of drug-likeness (QED) is 0.724. The number of hydrogen-bond acceptors (Lipinski definition) is 6. The van der Waals surface area contributed by atoms with E-state index in [0.29, 0.717) is 16.9 Å². The van der Waals surface area contributed by atoms with E-state index < -0.39 is 0 Å². The van der Waals surface area contributed by atoms with Crippen LogP contribution in [0, 0.1) is 6.92 Å². The van der Waals surface area contributed by atoms with Gasteiger partial charge in [-0.25, -0.2) is 4.98 Å². The number of aromatic nitrogens is 4. The average molecular weight is 347 g/mol. The number of fused-ring (bicyclic) bond motifs is 1. The molecule has 0 amide bonds. The zero-order chi connectivity index (χ0) is 16.7. The lowest BCUT2D eigenvalue weighted by molar-refractivity contribution is 0.0706. The SMILES string of the molecule is Cc1noc([C@H]2CN(Cc3c(Cl)nc4ccccn34)CCN2C)n1. The number of pyridine rings is 1. The largest absolute Gasteiger partial charge is 0.338 e. The highest BCUT2D eigenvalue weighted by Crippen LogP contribution is 2.25. The molecule has 1 fully saturated rings. The van der Waals surface area contributed by atoms with Crippen molar-refractivity contribution in [1.82, 2.24) is 29.3 Å². The molecule has 0 N–H and O–H groups in total. The standard InChI is InChI=1S/C16H19ClN6O/c1-11-18-16(24-20-11)13-10-22(8-7-21(13)2)9-12-15(17)19-14-5-3-4-6-23(12)14/h3-6,13H,7-10H2,1-2H3/t13-/m1/s1. The molecule has 1 aliphatic heterocycles. The summed E-state index contributed by atoms with van der Waals surface area (Å²) in [5.74, 6) is 1.34. The molecule has 3 aromatic heterocycles. The molecule has 3 aromatic rings. The van der Waals surface area contributed by atoms with Gasteiger partial charge >= 0.3 is 0 Å². The van der Waals surface area contributed by atoms with Crippen molar-refractivity contribution in [2.75, 3.05) is 26.7 Å². The normalized spacial score (nSPS) is 20.0. The number of rotatable bonds is 3. The van der Waals surface area contributed by atoms with Crippen LogP contribution < -0.4 is 0 Å². The van der Waals surface area contributed by atoms with Gasteiger partial charge in [0.25, 0.3) is 0 Å². The van der Waals surface area contributed by atoms with Crippen LogP contribution in [0.2, 0.25) is 5.15 Å². The molecule has 8 heteroatoms. The second-order valence-electron chi connectivity index (χ2n) is 6.19. The Morgan fingerprint density at radius 1 is 1.29 bits per heavy atom. The lowest BCUT2D eigenvalue weighted by Gasteiger charge is -2.37. The van der Waals surface area contributed by atoms with Crippen molar-refractivity contribution in [2.45, 2.75) is 19.5 Å². The van der Waals surface area contributed by atoms with Crippen LogP contribution in [0.4, 0.5) is 0 Å². The molecule has 126 valence electrons. The van der Waals surface area contributed by atoms with Crippen molar-refractivity contribution < 1.29 is 4.52 Å². The molecule has 0 spiro atoms. The van der Waals surface area contributed by atoms with Crippen LogP contribution in [0.5, 0.6) is 0 Å². The Bertz CT molecular complexity index is 859. The minimum absolute atomic E-state index is 0.0953. The second-order valence-corrected chi connectivity index (χ2v) is 6.55. The van der Waals surface area contributed by atoms with Crippen LogP contribution in [0.1, 0.15) is 23.5 Å². The molecule has 1 atom stereocenters. The van der Waals surface area contributed by atoms with Gasteiger partial charge in [0.05, 0.1) is 5.69 Å². The van der Waals surface area contributed by atoms with Gasteiger partial charge in [-0.15, -0.1) is 0 Å². The van der Waals surface area contributed by atoms with E-state index in [4.69, 9.17) is 16.1 Å². The number of likely N-dealkylation sites (N-methyl/N-ethyl adjacent to an activating group) is 1. The Labute approximate surface area is 144 Å². The van der Waals surface area contributed by atoms with E-state index in [2.05, 4.69) is 32.0 Å². The molecule has 0 aromatic carbocycles. The van der Waals surface area contributed by atoms with E-state index in [1.54, 1.807) is 0 Å². The van der Waals surface area contributed by atoms with Crippen molar-refractivity contribution in [3.63, 3.8) is 0 Å². The van der Waals surface area contributed by atoms with Gasteiger partial charge in [-0.1, -0.05) is 22.8 Å². The summed E-state index contributed by atoms with van der Waals surface area (Å²) in [6.07, 6.45) is 2.00. The summed E-state index contributed by atoms with van der Waals surface area (Å²) < 4.78 is 7.43. The Kier molecular flexibility index (Phi) is 3.99. The van der Waals surface area contributed by atoms with Gasteiger partial charge in [0.1, 0.15) is 11.7 Å². The lowest BCUT2D eigenvalue weighted by Crippen LogP contribution is -2.46. The van der Waals surface area contributed by atoms with Gasteiger partial charge in [-0.2, -0.15) is 4.98 Å². The van der Waals surface area contributed by atoms with E-state index in [1.165, 1.54) is 0 Å². The van der Waals surface area contributed by atoms with Gasteiger partial charge in [0.15, 0.2) is 11.0 Å². The minimum atomic E-state index is 0.0953.